The molecule has 1 aromatic rings. The molecule has 1 rings (SSSR count). The third-order valence-corrected chi connectivity index (χ3v) is 3.80. The first kappa shape index (κ1) is 16.7. The zero-order valence-electron chi connectivity index (χ0n) is 13.1. The smallest absolute Gasteiger partial charge is 0.241 e. The average molecular weight is 278 g/mol. The molecule has 0 fully saturated rings. The van der Waals surface area contributed by atoms with Crippen LogP contribution in [0, 0.1) is 13.8 Å². The number of likely N-dealkylation sites (N-methyl/N-ethyl adjacent to an activating group) is 1. The fourth-order valence-corrected chi connectivity index (χ4v) is 1.91. The van der Waals surface area contributed by atoms with Gasteiger partial charge in [0.05, 0.1) is 12.1 Å². The minimum atomic E-state index is -0.341. The summed E-state index contributed by atoms with van der Waals surface area (Å²) in [5.74, 6) is -0.0215. The number of hydrogen-bond donors (Lipinski definition) is 2. The Balaban J connectivity index is 2.63. The van der Waals surface area contributed by atoms with Gasteiger partial charge in [-0.3, -0.25) is 9.69 Å². The summed E-state index contributed by atoms with van der Waals surface area (Å²) in [4.78, 5) is 14.2. The Bertz CT molecular complexity index is 458. The largest absolute Gasteiger partial charge is 0.393 e. The van der Waals surface area contributed by atoms with E-state index in [1.165, 1.54) is 0 Å². The van der Waals surface area contributed by atoms with Gasteiger partial charge in [0.2, 0.25) is 5.91 Å². The van der Waals surface area contributed by atoms with Gasteiger partial charge >= 0.3 is 0 Å². The number of carbonyl (C=O) groups excluding carboxylic acids is 1. The van der Waals surface area contributed by atoms with Crippen molar-refractivity contribution in [2.75, 3.05) is 18.9 Å². The van der Waals surface area contributed by atoms with Crippen LogP contribution in [0.2, 0.25) is 0 Å². The molecule has 0 radical (unpaired) electrons. The molecule has 0 bridgehead atoms. The number of nitrogens with one attached hydrogen (secondary N) is 1. The molecule has 4 nitrogen and oxygen atoms in total. The van der Waals surface area contributed by atoms with Crippen LogP contribution in [-0.2, 0) is 4.79 Å². The molecule has 2 atom stereocenters. The number of aryl methyl sites for hydroxylation is 1. The molecule has 0 saturated heterocycles. The quantitative estimate of drug-likeness (QED) is 0.839. The van der Waals surface area contributed by atoms with Crippen molar-refractivity contribution in [2.24, 2.45) is 0 Å². The number of aliphatic hydroxyl groups excluding tert-OH is 1. The van der Waals surface area contributed by atoms with Gasteiger partial charge in [-0.1, -0.05) is 12.1 Å². The van der Waals surface area contributed by atoms with Gasteiger partial charge in [-0.2, -0.15) is 0 Å². The summed E-state index contributed by atoms with van der Waals surface area (Å²) in [6, 6.07) is 5.67. The van der Waals surface area contributed by atoms with Crippen LogP contribution in [0.4, 0.5) is 5.69 Å². The second-order valence-corrected chi connectivity index (χ2v) is 5.53. The molecule has 0 aliphatic heterocycles. The van der Waals surface area contributed by atoms with Gasteiger partial charge in [-0.25, -0.2) is 0 Å². The summed E-state index contributed by atoms with van der Waals surface area (Å²) in [7, 11) is 1.90. The normalized spacial score (nSPS) is 14.2. The summed E-state index contributed by atoms with van der Waals surface area (Å²) in [6.45, 7) is 8.37. The number of amides is 1. The predicted molar refractivity (Wildman–Crippen MR) is 82.9 cm³/mol. The van der Waals surface area contributed by atoms with E-state index in [0.717, 1.165) is 16.8 Å². The minimum absolute atomic E-state index is 0.0215. The summed E-state index contributed by atoms with van der Waals surface area (Å²) < 4.78 is 0. The molecular weight excluding hydrogens is 252 g/mol. The first-order valence-electron chi connectivity index (χ1n) is 7.08. The Labute approximate surface area is 121 Å². The summed E-state index contributed by atoms with van der Waals surface area (Å²) >= 11 is 0. The van der Waals surface area contributed by atoms with Gasteiger partial charge in [0.25, 0.3) is 0 Å². The third-order valence-electron chi connectivity index (χ3n) is 3.80. The van der Waals surface area contributed by atoms with E-state index in [4.69, 9.17) is 0 Å². The zero-order chi connectivity index (χ0) is 15.3. The number of hydrogen-bond acceptors (Lipinski definition) is 3. The molecule has 20 heavy (non-hydrogen) atoms. The van der Waals surface area contributed by atoms with Crippen LogP contribution in [0.5, 0.6) is 0 Å². The number of nitrogens with zero attached hydrogens (tertiary/aromatic N) is 1. The number of aliphatic hydroxyl groups is 1. The molecule has 1 amide bonds. The molecule has 4 heteroatoms. The van der Waals surface area contributed by atoms with E-state index >= 15 is 0 Å². The van der Waals surface area contributed by atoms with Crippen molar-refractivity contribution in [3.05, 3.63) is 29.3 Å². The molecule has 0 aliphatic carbocycles. The summed E-state index contributed by atoms with van der Waals surface area (Å²) in [5, 5.41) is 12.3. The van der Waals surface area contributed by atoms with E-state index in [-0.39, 0.29) is 18.1 Å². The fraction of sp³-hybridized carbons (Fsp3) is 0.562. The monoisotopic (exact) mass is 278 g/mol. The van der Waals surface area contributed by atoms with E-state index in [2.05, 4.69) is 5.32 Å². The van der Waals surface area contributed by atoms with Crippen LogP contribution in [0.25, 0.3) is 0 Å². The molecule has 2 unspecified atom stereocenters. The lowest BCUT2D eigenvalue weighted by atomic mass is 10.1. The first-order chi connectivity index (χ1) is 9.32. The van der Waals surface area contributed by atoms with Gasteiger partial charge in [-0.15, -0.1) is 0 Å². The SMILES string of the molecule is Cc1cccc(NC(=O)C(C)N(C)CCC(C)O)c1C. The van der Waals surface area contributed by atoms with Gasteiger partial charge in [0.15, 0.2) is 0 Å². The number of anilines is 1. The first-order valence-corrected chi connectivity index (χ1v) is 7.08. The maximum atomic E-state index is 12.2. The Hall–Kier alpha value is -1.39. The Morgan fingerprint density at radius 2 is 2.00 bits per heavy atom. The lowest BCUT2D eigenvalue weighted by Gasteiger charge is -2.24. The fourth-order valence-electron chi connectivity index (χ4n) is 1.91. The second kappa shape index (κ2) is 7.41. The Morgan fingerprint density at radius 1 is 1.35 bits per heavy atom. The van der Waals surface area contributed by atoms with Crippen molar-refractivity contribution < 1.29 is 9.90 Å². The van der Waals surface area contributed by atoms with Crippen molar-refractivity contribution in [1.82, 2.24) is 4.90 Å². The number of carbonyl (C=O) groups is 1. The molecule has 112 valence electrons. The maximum Gasteiger partial charge on any atom is 0.241 e. The molecule has 0 aromatic heterocycles. The summed E-state index contributed by atoms with van der Waals surface area (Å²) in [6.07, 6.45) is 0.323. The Morgan fingerprint density at radius 3 is 2.60 bits per heavy atom. The highest BCUT2D eigenvalue weighted by atomic mass is 16.3. The molecule has 0 aliphatic rings. The van der Waals surface area contributed by atoms with E-state index < -0.39 is 0 Å². The van der Waals surface area contributed by atoms with Gasteiger partial charge in [-0.05, 0) is 58.4 Å². The average Bonchev–Trinajstić information content (AvgIpc) is 2.40. The highest BCUT2D eigenvalue weighted by Crippen LogP contribution is 2.18. The zero-order valence-corrected chi connectivity index (χ0v) is 13.1. The van der Waals surface area contributed by atoms with Crippen molar-refractivity contribution in [3.63, 3.8) is 0 Å². The van der Waals surface area contributed by atoms with Crippen LogP contribution in [0.1, 0.15) is 31.4 Å². The second-order valence-electron chi connectivity index (χ2n) is 5.53. The van der Waals surface area contributed by atoms with E-state index in [0.29, 0.717) is 13.0 Å². The standard InChI is InChI=1S/C16H26N2O2/c1-11-7-6-8-15(13(11)3)17-16(20)14(4)18(5)10-9-12(2)19/h6-8,12,14,19H,9-10H2,1-5H3,(H,17,20). The van der Waals surface area contributed by atoms with Gasteiger partial charge in [0, 0.05) is 12.2 Å². The third kappa shape index (κ3) is 4.62. The number of benzene rings is 1. The van der Waals surface area contributed by atoms with Crippen molar-refractivity contribution >= 4 is 11.6 Å². The van der Waals surface area contributed by atoms with Crippen LogP contribution >= 0.6 is 0 Å². The lowest BCUT2D eigenvalue weighted by molar-refractivity contribution is -0.120. The van der Waals surface area contributed by atoms with E-state index in [1.54, 1.807) is 6.92 Å². The predicted octanol–water partition coefficient (Wildman–Crippen LogP) is 2.33. The van der Waals surface area contributed by atoms with Crippen LogP contribution < -0.4 is 5.32 Å². The molecule has 1 aromatic carbocycles. The van der Waals surface area contributed by atoms with Crippen molar-refractivity contribution in [3.8, 4) is 0 Å². The Kier molecular flexibility index (Phi) is 6.17. The minimum Gasteiger partial charge on any atom is -0.393 e. The van der Waals surface area contributed by atoms with Crippen LogP contribution in [-0.4, -0.2) is 41.7 Å². The molecular formula is C16H26N2O2. The highest BCUT2D eigenvalue weighted by Gasteiger charge is 2.18. The molecule has 0 heterocycles. The molecule has 0 spiro atoms. The molecule has 0 saturated carbocycles. The summed E-state index contributed by atoms with van der Waals surface area (Å²) in [5.41, 5.74) is 3.13. The van der Waals surface area contributed by atoms with E-state index in [9.17, 15) is 9.90 Å². The van der Waals surface area contributed by atoms with Crippen LogP contribution in [0.15, 0.2) is 18.2 Å². The van der Waals surface area contributed by atoms with E-state index in [1.807, 2.05) is 50.9 Å². The highest BCUT2D eigenvalue weighted by molar-refractivity contribution is 5.95. The maximum absolute atomic E-state index is 12.2. The van der Waals surface area contributed by atoms with Crippen LogP contribution in [0.3, 0.4) is 0 Å². The van der Waals surface area contributed by atoms with Crippen molar-refractivity contribution in [2.45, 2.75) is 46.3 Å². The number of rotatable bonds is 6. The van der Waals surface area contributed by atoms with Gasteiger partial charge in [0.1, 0.15) is 0 Å². The van der Waals surface area contributed by atoms with Crippen molar-refractivity contribution in [1.29, 1.82) is 0 Å². The van der Waals surface area contributed by atoms with Gasteiger partial charge < -0.3 is 10.4 Å². The lowest BCUT2D eigenvalue weighted by Crippen LogP contribution is -2.40. The topological polar surface area (TPSA) is 52.6 Å². The molecule has 2 N–H and O–H groups in total.